The zero-order valence-electron chi connectivity index (χ0n) is 11.4. The van der Waals surface area contributed by atoms with Gasteiger partial charge in [-0.05, 0) is 18.6 Å². The van der Waals surface area contributed by atoms with Crippen LogP contribution in [0.5, 0.6) is 5.75 Å². The molecule has 0 amide bonds. The van der Waals surface area contributed by atoms with Crippen LogP contribution in [0, 0.1) is 0 Å². The van der Waals surface area contributed by atoms with Crippen molar-refractivity contribution in [1.82, 2.24) is 0 Å². The SMILES string of the molecule is NCCOc1cccc(NS(=O)(=O)C2CCS(=O)(=O)C2)c1. The first-order valence-electron chi connectivity index (χ1n) is 6.47. The van der Waals surface area contributed by atoms with E-state index in [1.807, 2.05) is 0 Å². The fraction of sp³-hybridized carbons (Fsp3) is 0.500. The highest BCUT2D eigenvalue weighted by Crippen LogP contribution is 2.23. The Morgan fingerprint density at radius 3 is 2.76 bits per heavy atom. The van der Waals surface area contributed by atoms with Crippen LogP contribution in [0.2, 0.25) is 0 Å². The van der Waals surface area contributed by atoms with Crippen LogP contribution in [-0.4, -0.2) is 46.7 Å². The molecule has 0 aromatic heterocycles. The first kappa shape index (κ1) is 16.1. The maximum Gasteiger partial charge on any atom is 0.236 e. The molecule has 3 N–H and O–H groups in total. The van der Waals surface area contributed by atoms with E-state index in [0.717, 1.165) is 0 Å². The van der Waals surface area contributed by atoms with Crippen LogP contribution in [-0.2, 0) is 19.9 Å². The monoisotopic (exact) mass is 334 g/mol. The van der Waals surface area contributed by atoms with Gasteiger partial charge < -0.3 is 10.5 Å². The van der Waals surface area contributed by atoms with Crippen molar-refractivity contribution in [2.24, 2.45) is 5.73 Å². The van der Waals surface area contributed by atoms with Crippen LogP contribution < -0.4 is 15.2 Å². The van der Waals surface area contributed by atoms with Crippen LogP contribution in [0.3, 0.4) is 0 Å². The summed E-state index contributed by atoms with van der Waals surface area (Å²) in [6.07, 6.45) is 0.126. The highest BCUT2D eigenvalue weighted by Gasteiger charge is 2.37. The fourth-order valence-corrected chi connectivity index (χ4v) is 6.16. The Bertz CT molecular complexity index is 700. The topological polar surface area (TPSA) is 116 Å². The van der Waals surface area contributed by atoms with Crippen molar-refractivity contribution in [2.75, 3.05) is 29.4 Å². The van der Waals surface area contributed by atoms with Crippen LogP contribution in [0.1, 0.15) is 6.42 Å². The molecule has 1 heterocycles. The number of hydrogen-bond donors (Lipinski definition) is 2. The average Bonchev–Trinajstić information content (AvgIpc) is 2.77. The number of anilines is 1. The standard InChI is InChI=1S/C12H18N2O5S2/c13-5-6-19-11-3-1-2-10(8-11)14-21(17,18)12-4-7-20(15,16)9-12/h1-3,8,12,14H,4-7,9,13H2. The Morgan fingerprint density at radius 1 is 1.38 bits per heavy atom. The molecule has 1 unspecified atom stereocenters. The minimum Gasteiger partial charge on any atom is -0.492 e. The zero-order chi connectivity index (χ0) is 15.5. The van der Waals surface area contributed by atoms with Gasteiger partial charge in [0.1, 0.15) is 12.4 Å². The van der Waals surface area contributed by atoms with Gasteiger partial charge in [-0.2, -0.15) is 0 Å². The maximum atomic E-state index is 12.2. The largest absolute Gasteiger partial charge is 0.492 e. The summed E-state index contributed by atoms with van der Waals surface area (Å²) in [5.41, 5.74) is 5.67. The smallest absolute Gasteiger partial charge is 0.236 e. The third kappa shape index (κ3) is 4.32. The van der Waals surface area contributed by atoms with E-state index in [1.165, 1.54) is 6.07 Å². The first-order chi connectivity index (χ1) is 9.82. The van der Waals surface area contributed by atoms with Crippen molar-refractivity contribution in [2.45, 2.75) is 11.7 Å². The van der Waals surface area contributed by atoms with Gasteiger partial charge in [0.25, 0.3) is 0 Å². The van der Waals surface area contributed by atoms with E-state index in [-0.39, 0.29) is 17.9 Å². The lowest BCUT2D eigenvalue weighted by atomic mass is 10.3. The molecule has 0 bridgehead atoms. The van der Waals surface area contributed by atoms with Crippen molar-refractivity contribution in [3.05, 3.63) is 24.3 Å². The lowest BCUT2D eigenvalue weighted by Crippen LogP contribution is -2.28. The number of ether oxygens (including phenoxy) is 1. The molecule has 7 nitrogen and oxygen atoms in total. The van der Waals surface area contributed by atoms with Gasteiger partial charge in [-0.25, -0.2) is 16.8 Å². The quantitative estimate of drug-likeness (QED) is 0.754. The lowest BCUT2D eigenvalue weighted by molar-refractivity contribution is 0.328. The van der Waals surface area contributed by atoms with Crippen molar-refractivity contribution < 1.29 is 21.6 Å². The van der Waals surface area contributed by atoms with Crippen molar-refractivity contribution in [1.29, 1.82) is 0 Å². The number of sulfonamides is 1. The summed E-state index contributed by atoms with van der Waals surface area (Å²) in [6.45, 7) is 0.687. The zero-order valence-corrected chi connectivity index (χ0v) is 13.0. The van der Waals surface area contributed by atoms with E-state index in [9.17, 15) is 16.8 Å². The number of benzene rings is 1. The Balaban J connectivity index is 2.10. The molecular weight excluding hydrogens is 316 g/mol. The second-order valence-corrected chi connectivity index (χ2v) is 9.03. The molecule has 1 aromatic carbocycles. The lowest BCUT2D eigenvalue weighted by Gasteiger charge is -2.13. The van der Waals surface area contributed by atoms with Crippen LogP contribution in [0.25, 0.3) is 0 Å². The summed E-state index contributed by atoms with van der Waals surface area (Å²) >= 11 is 0. The fourth-order valence-electron chi connectivity index (χ4n) is 2.08. The number of hydrogen-bond acceptors (Lipinski definition) is 6. The van der Waals surface area contributed by atoms with Gasteiger partial charge in [0.05, 0.1) is 22.4 Å². The number of rotatable bonds is 6. The molecule has 0 aliphatic carbocycles. The average molecular weight is 334 g/mol. The Morgan fingerprint density at radius 2 is 2.14 bits per heavy atom. The van der Waals surface area contributed by atoms with E-state index >= 15 is 0 Å². The number of sulfone groups is 1. The molecular formula is C12H18N2O5S2. The Labute approximate surface area is 124 Å². The highest BCUT2D eigenvalue weighted by molar-refractivity contribution is 7.97. The minimum absolute atomic E-state index is 0.0851. The summed E-state index contributed by atoms with van der Waals surface area (Å²) < 4.78 is 54.9. The Hall–Kier alpha value is -1.32. The number of nitrogens with two attached hydrogens (primary N) is 1. The van der Waals surface area contributed by atoms with E-state index in [4.69, 9.17) is 10.5 Å². The summed E-state index contributed by atoms with van der Waals surface area (Å²) in [7, 11) is -6.98. The van der Waals surface area contributed by atoms with Crippen LogP contribution >= 0.6 is 0 Å². The Kier molecular flexibility index (Phi) is 4.74. The summed E-state index contributed by atoms with van der Waals surface area (Å²) in [5, 5.41) is -0.906. The van der Waals surface area contributed by atoms with Crippen molar-refractivity contribution in [3.8, 4) is 5.75 Å². The molecule has 0 saturated carbocycles. The third-order valence-electron chi connectivity index (χ3n) is 3.11. The van der Waals surface area contributed by atoms with Gasteiger partial charge >= 0.3 is 0 Å². The predicted molar refractivity (Wildman–Crippen MR) is 80.6 cm³/mol. The highest BCUT2D eigenvalue weighted by atomic mass is 32.2. The molecule has 118 valence electrons. The number of nitrogens with one attached hydrogen (secondary N) is 1. The van der Waals surface area contributed by atoms with Gasteiger partial charge in [0.15, 0.2) is 9.84 Å². The maximum absolute atomic E-state index is 12.2. The van der Waals surface area contributed by atoms with Gasteiger partial charge in [0.2, 0.25) is 10.0 Å². The van der Waals surface area contributed by atoms with E-state index in [2.05, 4.69) is 4.72 Å². The molecule has 1 aliphatic rings. The van der Waals surface area contributed by atoms with Gasteiger partial charge in [0, 0.05) is 12.6 Å². The van der Waals surface area contributed by atoms with Gasteiger partial charge in [-0.3, -0.25) is 4.72 Å². The molecule has 1 saturated heterocycles. The molecule has 1 atom stereocenters. The second-order valence-electron chi connectivity index (χ2n) is 4.84. The molecule has 0 radical (unpaired) electrons. The van der Waals surface area contributed by atoms with Crippen molar-refractivity contribution >= 4 is 25.5 Å². The normalized spacial score (nSPS) is 21.1. The molecule has 1 fully saturated rings. The molecule has 21 heavy (non-hydrogen) atoms. The molecule has 1 aliphatic heterocycles. The van der Waals surface area contributed by atoms with E-state index in [0.29, 0.717) is 24.6 Å². The molecule has 2 rings (SSSR count). The molecule has 0 spiro atoms. The first-order valence-corrected chi connectivity index (χ1v) is 9.84. The van der Waals surface area contributed by atoms with E-state index < -0.39 is 25.1 Å². The molecule has 1 aromatic rings. The molecule has 9 heteroatoms. The van der Waals surface area contributed by atoms with E-state index in [1.54, 1.807) is 18.2 Å². The summed E-state index contributed by atoms with van der Waals surface area (Å²) in [6, 6.07) is 6.45. The van der Waals surface area contributed by atoms with Crippen molar-refractivity contribution in [3.63, 3.8) is 0 Å². The third-order valence-corrected chi connectivity index (χ3v) is 6.89. The summed E-state index contributed by atoms with van der Waals surface area (Å²) in [4.78, 5) is 0. The predicted octanol–water partition coefficient (Wildman–Crippen LogP) is -0.0471. The minimum atomic E-state index is -3.73. The van der Waals surface area contributed by atoms with Gasteiger partial charge in [-0.1, -0.05) is 6.07 Å². The summed E-state index contributed by atoms with van der Waals surface area (Å²) in [5.74, 6) is 0.0869. The van der Waals surface area contributed by atoms with Gasteiger partial charge in [-0.15, -0.1) is 0 Å². The van der Waals surface area contributed by atoms with Crippen LogP contribution in [0.4, 0.5) is 5.69 Å². The second kappa shape index (κ2) is 6.20. The van der Waals surface area contributed by atoms with Crippen LogP contribution in [0.15, 0.2) is 24.3 Å².